The van der Waals surface area contributed by atoms with Crippen LogP contribution in [0.1, 0.15) is 68.6 Å². The van der Waals surface area contributed by atoms with Crippen LogP contribution >= 0.6 is 0 Å². The number of aromatic nitrogens is 3. The summed E-state index contributed by atoms with van der Waals surface area (Å²) in [5.41, 5.74) is 0.304. The van der Waals surface area contributed by atoms with E-state index in [-0.39, 0.29) is 11.8 Å². The Kier molecular flexibility index (Phi) is 4.48. The number of hydrogen-bond donors (Lipinski definition) is 1. The maximum Gasteiger partial charge on any atom is 0.232 e. The topological polar surface area (TPSA) is 80.3 Å². The molecule has 1 amide bonds. The van der Waals surface area contributed by atoms with Crippen LogP contribution in [0.15, 0.2) is 18.2 Å². The summed E-state index contributed by atoms with van der Waals surface area (Å²) >= 11 is 0. The molecule has 5 rings (SSSR count). The van der Waals surface area contributed by atoms with Gasteiger partial charge in [-0.3, -0.25) is 9.89 Å². The molecule has 3 aliphatic rings. The first-order valence-corrected chi connectivity index (χ1v) is 10.6. The van der Waals surface area contributed by atoms with Crippen molar-refractivity contribution in [2.75, 3.05) is 26.3 Å². The Hall–Kier alpha value is -2.57. The average Bonchev–Trinajstić information content (AvgIpc) is 3.49. The third-order valence-corrected chi connectivity index (χ3v) is 6.36. The number of nitrogens with one attached hydrogen (secondary N) is 1. The lowest BCUT2D eigenvalue weighted by molar-refractivity contribution is -0.137. The summed E-state index contributed by atoms with van der Waals surface area (Å²) < 4.78 is 11.3. The summed E-state index contributed by atoms with van der Waals surface area (Å²) in [7, 11) is 0. The summed E-state index contributed by atoms with van der Waals surface area (Å²) in [6.45, 7) is 6.54. The molecule has 154 valence electrons. The number of carbonyl (C=O) groups is 1. The van der Waals surface area contributed by atoms with Crippen molar-refractivity contribution in [3.8, 4) is 11.5 Å². The lowest BCUT2D eigenvalue weighted by Gasteiger charge is -2.37. The first-order valence-electron chi connectivity index (χ1n) is 10.6. The number of H-pyrrole nitrogens is 1. The van der Waals surface area contributed by atoms with E-state index in [1.165, 1.54) is 12.8 Å². The van der Waals surface area contributed by atoms with E-state index in [2.05, 4.69) is 10.2 Å². The number of ether oxygens (including phenoxy) is 2. The minimum atomic E-state index is -0.643. The summed E-state index contributed by atoms with van der Waals surface area (Å²) in [5, 5.41) is 7.56. The monoisotopic (exact) mass is 396 g/mol. The van der Waals surface area contributed by atoms with Gasteiger partial charge in [0.1, 0.15) is 19.0 Å². The Morgan fingerprint density at radius 2 is 1.93 bits per heavy atom. The number of benzene rings is 1. The van der Waals surface area contributed by atoms with Gasteiger partial charge in [-0.05, 0) is 57.2 Å². The van der Waals surface area contributed by atoms with Gasteiger partial charge in [-0.15, -0.1) is 0 Å². The molecule has 1 N–H and O–H groups in total. The molecule has 0 bridgehead atoms. The van der Waals surface area contributed by atoms with Crippen LogP contribution in [-0.4, -0.2) is 52.3 Å². The number of likely N-dealkylation sites (tertiary alicyclic amines) is 1. The van der Waals surface area contributed by atoms with Crippen LogP contribution in [0.4, 0.5) is 0 Å². The van der Waals surface area contributed by atoms with Gasteiger partial charge in [0.05, 0.1) is 5.41 Å². The van der Waals surface area contributed by atoms with Gasteiger partial charge in [0.25, 0.3) is 0 Å². The van der Waals surface area contributed by atoms with Gasteiger partial charge >= 0.3 is 0 Å². The molecule has 7 heteroatoms. The fourth-order valence-corrected chi connectivity index (χ4v) is 4.33. The number of rotatable bonds is 4. The van der Waals surface area contributed by atoms with Crippen molar-refractivity contribution in [2.45, 2.75) is 56.8 Å². The van der Waals surface area contributed by atoms with Crippen molar-refractivity contribution in [2.24, 2.45) is 0 Å². The number of piperidine rings is 1. The molecule has 1 aromatic heterocycles. The first kappa shape index (κ1) is 18.5. The second-order valence-electron chi connectivity index (χ2n) is 8.93. The third kappa shape index (κ3) is 3.47. The molecule has 2 aromatic rings. The minimum absolute atomic E-state index is 0.136. The molecule has 1 saturated carbocycles. The van der Waals surface area contributed by atoms with E-state index in [0.717, 1.165) is 48.1 Å². The van der Waals surface area contributed by atoms with E-state index < -0.39 is 5.41 Å². The normalized spacial score (nSPS) is 21.9. The fourth-order valence-electron chi connectivity index (χ4n) is 4.33. The zero-order valence-electron chi connectivity index (χ0n) is 17.1. The van der Waals surface area contributed by atoms with E-state index in [0.29, 0.717) is 25.7 Å². The number of fused-ring (bicyclic) bond motifs is 1. The Bertz CT molecular complexity index is 919. The van der Waals surface area contributed by atoms with E-state index in [9.17, 15) is 4.79 Å². The van der Waals surface area contributed by atoms with Crippen LogP contribution in [0, 0.1) is 0 Å². The van der Waals surface area contributed by atoms with Crippen LogP contribution in [0.2, 0.25) is 0 Å². The van der Waals surface area contributed by atoms with Crippen LogP contribution in [0.25, 0.3) is 0 Å². The molecule has 0 radical (unpaired) electrons. The molecule has 2 aliphatic heterocycles. The largest absolute Gasteiger partial charge is 0.486 e. The second kappa shape index (κ2) is 7.04. The Morgan fingerprint density at radius 3 is 2.72 bits per heavy atom. The predicted octanol–water partition coefficient (Wildman–Crippen LogP) is 3.14. The van der Waals surface area contributed by atoms with E-state index in [4.69, 9.17) is 14.5 Å². The maximum atomic E-state index is 13.5. The molecule has 2 fully saturated rings. The lowest BCUT2D eigenvalue weighted by atomic mass is 9.82. The average molecular weight is 396 g/mol. The number of hydrogen-bond acceptors (Lipinski definition) is 5. The van der Waals surface area contributed by atoms with E-state index in [1.807, 2.05) is 36.9 Å². The molecule has 0 spiro atoms. The zero-order valence-corrected chi connectivity index (χ0v) is 17.1. The van der Waals surface area contributed by atoms with Gasteiger partial charge in [0.15, 0.2) is 17.3 Å². The van der Waals surface area contributed by atoms with Gasteiger partial charge in [-0.1, -0.05) is 6.07 Å². The van der Waals surface area contributed by atoms with Crippen molar-refractivity contribution >= 4 is 5.91 Å². The molecule has 1 aliphatic carbocycles. The highest BCUT2D eigenvalue weighted by atomic mass is 16.6. The summed E-state index contributed by atoms with van der Waals surface area (Å²) in [5.74, 6) is 4.24. The van der Waals surface area contributed by atoms with Gasteiger partial charge in [-0.25, -0.2) is 4.98 Å². The molecular weight excluding hydrogens is 368 g/mol. The highest BCUT2D eigenvalue weighted by molar-refractivity contribution is 5.87. The van der Waals surface area contributed by atoms with Gasteiger partial charge in [0, 0.05) is 24.9 Å². The van der Waals surface area contributed by atoms with E-state index >= 15 is 0 Å². The van der Waals surface area contributed by atoms with Gasteiger partial charge < -0.3 is 14.4 Å². The van der Waals surface area contributed by atoms with Crippen molar-refractivity contribution in [1.82, 2.24) is 20.1 Å². The Labute approximate surface area is 170 Å². The first-order chi connectivity index (χ1) is 14.0. The zero-order chi connectivity index (χ0) is 20.0. The number of nitrogens with zero attached hydrogens (tertiary/aromatic N) is 3. The lowest BCUT2D eigenvalue weighted by Crippen LogP contribution is -2.47. The van der Waals surface area contributed by atoms with Crippen LogP contribution in [0.3, 0.4) is 0 Å². The molecular formula is C22H28N4O3. The molecule has 7 nitrogen and oxygen atoms in total. The summed E-state index contributed by atoms with van der Waals surface area (Å²) in [6.07, 6.45) is 4.40. The summed E-state index contributed by atoms with van der Waals surface area (Å²) in [4.78, 5) is 20.2. The third-order valence-electron chi connectivity index (χ3n) is 6.36. The maximum absolute atomic E-state index is 13.5. The highest BCUT2D eigenvalue weighted by Gasteiger charge is 2.38. The van der Waals surface area contributed by atoms with Gasteiger partial charge in [0.2, 0.25) is 5.91 Å². The van der Waals surface area contributed by atoms with Crippen LogP contribution < -0.4 is 9.47 Å². The number of aromatic amines is 1. The molecule has 3 heterocycles. The van der Waals surface area contributed by atoms with Crippen molar-refractivity contribution < 1.29 is 14.3 Å². The van der Waals surface area contributed by atoms with Crippen molar-refractivity contribution in [1.29, 1.82) is 0 Å². The molecule has 0 unspecified atom stereocenters. The summed E-state index contributed by atoms with van der Waals surface area (Å²) in [6, 6.07) is 5.83. The van der Waals surface area contributed by atoms with Crippen LogP contribution in [0.5, 0.6) is 11.5 Å². The molecule has 29 heavy (non-hydrogen) atoms. The standard InChI is InChI=1S/C22H28N4O3/c1-22(2,16-7-8-17-18(12-16)29-11-10-28-17)21(27)26-9-3-4-15(13-26)20-23-19(24-25-20)14-5-6-14/h7-8,12,14-15H,3-6,9-11,13H2,1-2H3,(H,23,24,25)/t15-/m1/s1. The minimum Gasteiger partial charge on any atom is -0.486 e. The Balaban J connectivity index is 1.33. The Morgan fingerprint density at radius 1 is 1.14 bits per heavy atom. The fraction of sp³-hybridized carbons (Fsp3) is 0.591. The van der Waals surface area contributed by atoms with Crippen LogP contribution in [-0.2, 0) is 10.2 Å². The molecule has 1 atom stereocenters. The smallest absolute Gasteiger partial charge is 0.232 e. The second-order valence-corrected chi connectivity index (χ2v) is 8.93. The molecule has 1 saturated heterocycles. The highest BCUT2D eigenvalue weighted by Crippen LogP contribution is 2.39. The predicted molar refractivity (Wildman–Crippen MR) is 107 cm³/mol. The van der Waals surface area contributed by atoms with Gasteiger partial charge in [-0.2, -0.15) is 5.10 Å². The number of amides is 1. The van der Waals surface area contributed by atoms with Crippen molar-refractivity contribution in [3.05, 3.63) is 35.4 Å². The molecule has 1 aromatic carbocycles. The quantitative estimate of drug-likeness (QED) is 0.859. The van der Waals surface area contributed by atoms with E-state index in [1.54, 1.807) is 0 Å². The van der Waals surface area contributed by atoms with Crippen molar-refractivity contribution in [3.63, 3.8) is 0 Å². The SMILES string of the molecule is CC(C)(C(=O)N1CCC[C@@H](c2n[nH]c(C3CC3)n2)C1)c1ccc2c(c1)OCCO2. The number of carbonyl (C=O) groups excluding carboxylic acids is 1.